The third-order valence-electron chi connectivity index (χ3n) is 0. The molecule has 0 aliphatic heterocycles. The van der Waals surface area contributed by atoms with Gasteiger partial charge in [-0.2, -0.15) is 6.92 Å². The van der Waals surface area contributed by atoms with Gasteiger partial charge in [0, 0.05) is 0 Å². The maximum absolute atomic E-state index is 7.44. The monoisotopic (exact) mass is 86.0 g/mol. The van der Waals surface area contributed by atoms with E-state index < -0.39 is 0 Å². The summed E-state index contributed by atoms with van der Waals surface area (Å²) in [6.07, 6.45) is 0. The molecule has 0 fully saturated rings. The molecule has 0 aliphatic carbocycles. The van der Waals surface area contributed by atoms with Crippen LogP contribution in [0.1, 0.15) is 6.92 Å². The Hall–Kier alpha value is 0.920. The van der Waals surface area contributed by atoms with Crippen LogP contribution in [-0.4, -0.2) is 10.6 Å². The van der Waals surface area contributed by atoms with Crippen LogP contribution in [0.5, 0.6) is 0 Å². The van der Waals surface area contributed by atoms with Gasteiger partial charge in [-0.25, -0.2) is 6.61 Å². The first-order valence-electron chi connectivity index (χ1n) is 0.836. The smallest absolute Gasteiger partial charge is 0.566 e. The van der Waals surface area contributed by atoms with Gasteiger partial charge in [0.15, 0.2) is 0 Å². The Kier molecular flexibility index (Phi) is 68.9. The summed E-state index contributed by atoms with van der Waals surface area (Å²) < 4.78 is 0. The molecule has 0 aromatic heterocycles. The molecule has 3 N–H and O–H groups in total. The average Bonchev–Trinajstić information content (AvgIpc) is 0.918. The SMILES string of the molecule is C[CH-]O.O.[Na+]. The number of aliphatic hydroxyl groups excluding tert-OH is 1. The largest absolute Gasteiger partial charge is 1.00 e. The standard InChI is InChI=1S/C2H5O.Na.H2O/c1-2-3;;/h2-3H,1H3;;1H2/q-1;+1;. The third kappa shape index (κ3) is 49.6. The van der Waals surface area contributed by atoms with Crippen LogP contribution in [0.4, 0.5) is 0 Å². The van der Waals surface area contributed by atoms with Crippen molar-refractivity contribution in [2.24, 2.45) is 0 Å². The van der Waals surface area contributed by atoms with Crippen LogP contribution in [0, 0.1) is 6.61 Å². The summed E-state index contributed by atoms with van der Waals surface area (Å²) in [7, 11) is 0. The summed E-state index contributed by atoms with van der Waals surface area (Å²) in [5, 5.41) is 7.44. The van der Waals surface area contributed by atoms with Gasteiger partial charge in [-0.1, -0.05) is 0 Å². The number of aliphatic hydroxyl groups is 1. The molecule has 2 nitrogen and oxygen atoms in total. The van der Waals surface area contributed by atoms with Gasteiger partial charge in [0.25, 0.3) is 0 Å². The molecular weight excluding hydrogens is 79.0 g/mol. The molecule has 5 heavy (non-hydrogen) atoms. The fourth-order valence-corrected chi connectivity index (χ4v) is 0. The van der Waals surface area contributed by atoms with E-state index in [1.54, 1.807) is 6.92 Å². The van der Waals surface area contributed by atoms with Crippen molar-refractivity contribution >= 4 is 0 Å². The summed E-state index contributed by atoms with van der Waals surface area (Å²) in [6, 6.07) is 0. The summed E-state index contributed by atoms with van der Waals surface area (Å²) in [5.41, 5.74) is 0. The van der Waals surface area contributed by atoms with Crippen molar-refractivity contribution in [1.29, 1.82) is 0 Å². The molecule has 28 valence electrons. The van der Waals surface area contributed by atoms with Crippen LogP contribution in [0.2, 0.25) is 0 Å². The van der Waals surface area contributed by atoms with Crippen molar-refractivity contribution in [3.05, 3.63) is 6.61 Å². The number of hydrogen-bond donors (Lipinski definition) is 1. The third-order valence-corrected chi connectivity index (χ3v) is 0. The van der Waals surface area contributed by atoms with E-state index in [0.717, 1.165) is 6.61 Å². The minimum atomic E-state index is 0. The second kappa shape index (κ2) is 20.5. The molecule has 0 saturated carbocycles. The topological polar surface area (TPSA) is 51.7 Å². The molecule has 0 aromatic rings. The first kappa shape index (κ1) is 16.8. The van der Waals surface area contributed by atoms with Gasteiger partial charge in [0.05, 0.1) is 0 Å². The Bertz CT molecular complexity index is 7.61. The van der Waals surface area contributed by atoms with E-state index in [2.05, 4.69) is 0 Å². The van der Waals surface area contributed by atoms with E-state index in [1.807, 2.05) is 0 Å². The normalized spacial score (nSPS) is 3.60. The molecule has 0 aliphatic rings. The predicted octanol–water partition coefficient (Wildman–Crippen LogP) is -3.28. The van der Waals surface area contributed by atoms with Crippen LogP contribution < -0.4 is 29.6 Å². The van der Waals surface area contributed by atoms with Crippen LogP contribution in [0.3, 0.4) is 0 Å². The number of hydrogen-bond acceptors (Lipinski definition) is 1. The Morgan fingerprint density at radius 2 is 1.60 bits per heavy atom. The average molecular weight is 86.1 g/mol. The van der Waals surface area contributed by atoms with Crippen molar-refractivity contribution < 1.29 is 40.1 Å². The Morgan fingerprint density at radius 3 is 1.60 bits per heavy atom. The summed E-state index contributed by atoms with van der Waals surface area (Å²) in [4.78, 5) is 0. The molecule has 3 heteroatoms. The van der Waals surface area contributed by atoms with Crippen LogP contribution in [-0.2, 0) is 0 Å². The van der Waals surface area contributed by atoms with Gasteiger partial charge in [-0.05, 0) is 0 Å². The zero-order chi connectivity index (χ0) is 2.71. The molecule has 0 atom stereocenters. The van der Waals surface area contributed by atoms with E-state index in [4.69, 9.17) is 5.11 Å². The van der Waals surface area contributed by atoms with E-state index in [9.17, 15) is 0 Å². The summed E-state index contributed by atoms with van der Waals surface area (Å²) in [6.45, 7) is 2.56. The van der Waals surface area contributed by atoms with Crippen LogP contribution in [0.25, 0.3) is 0 Å². The quantitative estimate of drug-likeness (QED) is 0.244. The zero-order valence-corrected chi connectivity index (χ0v) is 5.52. The molecule has 0 saturated heterocycles. The van der Waals surface area contributed by atoms with Gasteiger partial charge >= 0.3 is 29.6 Å². The first-order chi connectivity index (χ1) is 1.41. The minimum absolute atomic E-state index is 0. The second-order valence-corrected chi connectivity index (χ2v) is 0.258. The van der Waals surface area contributed by atoms with Gasteiger partial charge in [0.2, 0.25) is 0 Å². The van der Waals surface area contributed by atoms with E-state index in [1.165, 1.54) is 0 Å². The minimum Gasteiger partial charge on any atom is -0.566 e. The molecular formula is C2H7NaO2. The maximum Gasteiger partial charge on any atom is 1.00 e. The van der Waals surface area contributed by atoms with Gasteiger partial charge in [-0.3, -0.25) is 0 Å². The number of rotatable bonds is 0. The summed E-state index contributed by atoms with van der Waals surface area (Å²) in [5.74, 6) is 0. The van der Waals surface area contributed by atoms with E-state index in [-0.39, 0.29) is 35.0 Å². The van der Waals surface area contributed by atoms with E-state index in [0.29, 0.717) is 0 Å². The van der Waals surface area contributed by atoms with Crippen molar-refractivity contribution in [3.8, 4) is 0 Å². The van der Waals surface area contributed by atoms with Gasteiger partial charge in [-0.15, -0.1) is 0 Å². The molecule has 0 amide bonds. The van der Waals surface area contributed by atoms with Crippen molar-refractivity contribution in [2.45, 2.75) is 6.92 Å². The van der Waals surface area contributed by atoms with Crippen LogP contribution >= 0.6 is 0 Å². The van der Waals surface area contributed by atoms with Gasteiger partial charge in [0.1, 0.15) is 0 Å². The molecule has 0 radical (unpaired) electrons. The fourth-order valence-electron chi connectivity index (χ4n) is 0. The van der Waals surface area contributed by atoms with E-state index >= 15 is 0 Å². The Morgan fingerprint density at radius 1 is 1.60 bits per heavy atom. The first-order valence-corrected chi connectivity index (χ1v) is 0.836. The molecule has 0 unspecified atom stereocenters. The molecule has 0 spiro atoms. The maximum atomic E-state index is 7.44. The predicted molar refractivity (Wildman–Crippen MR) is 15.5 cm³/mol. The van der Waals surface area contributed by atoms with Crippen LogP contribution in [0.15, 0.2) is 0 Å². The zero-order valence-electron chi connectivity index (χ0n) is 3.52. The van der Waals surface area contributed by atoms with Crippen molar-refractivity contribution in [2.75, 3.05) is 0 Å². The Labute approximate surface area is 53.8 Å². The van der Waals surface area contributed by atoms with Gasteiger partial charge < -0.3 is 10.6 Å². The molecule has 0 heterocycles. The second-order valence-electron chi connectivity index (χ2n) is 0.258. The molecule has 0 bridgehead atoms. The molecule has 0 rings (SSSR count). The summed E-state index contributed by atoms with van der Waals surface area (Å²) >= 11 is 0. The molecule has 0 aromatic carbocycles. The van der Waals surface area contributed by atoms with Crippen molar-refractivity contribution in [1.82, 2.24) is 0 Å². The Balaban J connectivity index is -0.0000000200. The van der Waals surface area contributed by atoms with Crippen molar-refractivity contribution in [3.63, 3.8) is 0 Å². The fraction of sp³-hybridized carbons (Fsp3) is 0.500.